The molecular weight excluding hydrogens is 478 g/mol. The molecule has 0 atom stereocenters. The Hall–Kier alpha value is 1.10. The van der Waals surface area contributed by atoms with Gasteiger partial charge in [0.1, 0.15) is 0 Å². The second-order valence-electron chi connectivity index (χ2n) is 7.96. The SMILES string of the molecule is CCP(O)CC.[CH3][Ir]([CH3])([CH3])([CH3])([CH3])([Cl])([Cl])[C]1=CC=CC1. The first-order valence-corrected chi connectivity index (χ1v) is 26.8. The van der Waals surface area contributed by atoms with Crippen molar-refractivity contribution in [1.82, 2.24) is 0 Å². The zero-order valence-electron chi connectivity index (χ0n) is 13.3. The first-order chi connectivity index (χ1) is 7.80. The maximum atomic E-state index is 8.73. The Bertz CT molecular complexity index is 422. The summed E-state index contributed by atoms with van der Waals surface area (Å²) in [4.78, 5) is 8.73. The summed E-state index contributed by atoms with van der Waals surface area (Å²) < 4.78 is 1.18. The van der Waals surface area contributed by atoms with E-state index in [4.69, 9.17) is 24.1 Å². The van der Waals surface area contributed by atoms with Crippen molar-refractivity contribution in [2.45, 2.75) is 47.5 Å². The van der Waals surface area contributed by atoms with Crippen LogP contribution < -0.4 is 0 Å². The standard InChI is InChI=1S/C5H5.C4H11OP.5CH3.2ClH.Ir/c1-2-4-5-3-1;1-3-6(5)4-2;;;;;;;;/h1-3H,4H2;5H,3-4H2,1-2H3;5*1H3;2*1H;/q;;;;;;;;;+2/p-2. The van der Waals surface area contributed by atoms with Crippen LogP contribution in [-0.4, -0.2) is 17.2 Å². The summed E-state index contributed by atoms with van der Waals surface area (Å²) in [6.45, 7) is 4.02. The molecule has 1 rings (SSSR count). The summed E-state index contributed by atoms with van der Waals surface area (Å²) in [5, 5.41) is 0. The van der Waals surface area contributed by atoms with E-state index >= 15 is 0 Å². The van der Waals surface area contributed by atoms with Gasteiger partial charge in [0.25, 0.3) is 0 Å². The molecule has 0 aromatic rings. The summed E-state index contributed by atoms with van der Waals surface area (Å²) in [5.74, 6) is 0. The maximum absolute atomic E-state index is 8.73. The van der Waals surface area contributed by atoms with Crippen LogP contribution in [-0.2, 0) is 8.44 Å². The fourth-order valence-corrected chi connectivity index (χ4v) is 8.95. The van der Waals surface area contributed by atoms with E-state index in [2.05, 4.69) is 12.2 Å². The third-order valence-corrected chi connectivity index (χ3v) is 16.5. The number of halogens is 2. The molecule has 0 aliphatic heterocycles. The van der Waals surface area contributed by atoms with E-state index < -0.39 is 16.6 Å². The molecule has 0 heterocycles. The van der Waals surface area contributed by atoms with E-state index in [0.717, 1.165) is 18.7 Å². The number of hydrogen-bond donors (Lipinski definition) is 1. The van der Waals surface area contributed by atoms with Crippen LogP contribution in [0.1, 0.15) is 20.3 Å². The van der Waals surface area contributed by atoms with Crippen molar-refractivity contribution in [3.63, 3.8) is 0 Å². The Morgan fingerprint density at radius 2 is 1.53 bits per heavy atom. The first-order valence-electron chi connectivity index (χ1n) is 6.05. The quantitative estimate of drug-likeness (QED) is 0.403. The summed E-state index contributed by atoms with van der Waals surface area (Å²) in [6.07, 6.45) is 8.98. The van der Waals surface area contributed by atoms with Crippen LogP contribution in [0.2, 0.25) is 27.2 Å². The van der Waals surface area contributed by atoms with Crippen LogP contribution in [0.5, 0.6) is 0 Å². The van der Waals surface area contributed by atoms with Gasteiger partial charge in [-0.05, 0) is 12.3 Å². The fraction of sp³-hybridized carbons (Fsp3) is 0.714. The van der Waals surface area contributed by atoms with Gasteiger partial charge in [-0.1, -0.05) is 13.8 Å². The van der Waals surface area contributed by atoms with Crippen molar-refractivity contribution in [2.24, 2.45) is 0 Å². The fourth-order valence-electron chi connectivity index (χ4n) is 1.35. The molecule has 1 aliphatic carbocycles. The van der Waals surface area contributed by atoms with Gasteiger partial charge in [-0.2, -0.15) is 0 Å². The van der Waals surface area contributed by atoms with Gasteiger partial charge in [-0.3, -0.25) is 0 Å². The van der Waals surface area contributed by atoms with E-state index in [-0.39, 0.29) is 0 Å². The van der Waals surface area contributed by atoms with Crippen LogP contribution >= 0.6 is 27.3 Å². The van der Waals surface area contributed by atoms with Gasteiger partial charge in [0.05, 0.1) is 0 Å². The predicted molar refractivity (Wildman–Crippen MR) is 93.1 cm³/mol. The van der Waals surface area contributed by atoms with Gasteiger partial charge >= 0.3 is 83.5 Å². The Morgan fingerprint density at radius 3 is 1.63 bits per heavy atom. The van der Waals surface area contributed by atoms with Crippen molar-refractivity contribution in [3.05, 3.63) is 22.3 Å². The molecule has 0 fully saturated rings. The molecule has 19 heavy (non-hydrogen) atoms. The van der Waals surface area contributed by atoms with Gasteiger partial charge < -0.3 is 4.89 Å². The normalized spacial score (nSPS) is 23.4. The van der Waals surface area contributed by atoms with Crippen LogP contribution in [0, 0.1) is 0 Å². The van der Waals surface area contributed by atoms with Crippen molar-refractivity contribution < 1.29 is 13.3 Å². The van der Waals surface area contributed by atoms with Crippen molar-refractivity contribution in [1.29, 1.82) is 0 Å². The van der Waals surface area contributed by atoms with Crippen molar-refractivity contribution in [3.8, 4) is 0 Å². The average molecular weight is 509 g/mol. The van der Waals surface area contributed by atoms with Crippen molar-refractivity contribution >= 4 is 27.3 Å². The molecular formula is C14H31Cl2IrOP. The van der Waals surface area contributed by atoms with Crippen LogP contribution in [0.25, 0.3) is 0 Å². The van der Waals surface area contributed by atoms with Gasteiger partial charge in [0.15, 0.2) is 0 Å². The Labute approximate surface area is 122 Å². The summed E-state index contributed by atoms with van der Waals surface area (Å²) in [5.41, 5.74) is 10.2. The zero-order chi connectivity index (χ0) is 15.8. The molecule has 0 bridgehead atoms. The van der Waals surface area contributed by atoms with Gasteiger partial charge in [-0.15, -0.1) is 0 Å². The van der Waals surface area contributed by atoms with Gasteiger partial charge in [0, 0.05) is 8.15 Å². The average Bonchev–Trinajstić information content (AvgIpc) is 2.66. The molecule has 0 unspecified atom stereocenters. The molecule has 1 aliphatic rings. The molecule has 0 saturated heterocycles. The first kappa shape index (κ1) is 20.1. The minimum atomic E-state index is -4.77. The molecule has 0 spiro atoms. The van der Waals surface area contributed by atoms with Gasteiger partial charge in [0.2, 0.25) is 0 Å². The monoisotopic (exact) mass is 509 g/mol. The van der Waals surface area contributed by atoms with E-state index in [1.54, 1.807) is 0 Å². The summed E-state index contributed by atoms with van der Waals surface area (Å²) in [6, 6.07) is 0. The third-order valence-electron chi connectivity index (χ3n) is 2.67. The van der Waals surface area contributed by atoms with Crippen LogP contribution in [0.15, 0.2) is 22.3 Å². The zero-order valence-corrected chi connectivity index (χ0v) is 18.1. The molecule has 0 aromatic heterocycles. The van der Waals surface area contributed by atoms with E-state index in [1.807, 2.05) is 47.1 Å². The van der Waals surface area contributed by atoms with Crippen LogP contribution in [0.3, 0.4) is 0 Å². The van der Waals surface area contributed by atoms with Crippen molar-refractivity contribution in [2.75, 3.05) is 12.3 Å². The topological polar surface area (TPSA) is 20.2 Å². The second-order valence-corrected chi connectivity index (χ2v) is 77.8. The molecule has 0 aromatic carbocycles. The molecule has 5 heteroatoms. The summed E-state index contributed by atoms with van der Waals surface area (Å²) >= 11 is 0. The molecule has 0 amide bonds. The number of rotatable bonds is 3. The molecule has 1 N–H and O–H groups in total. The molecule has 0 radical (unpaired) electrons. The predicted octanol–water partition coefficient (Wildman–Crippen LogP) is 7.09. The molecule has 121 valence electrons. The van der Waals surface area contributed by atoms with Crippen LogP contribution in [0.4, 0.5) is 0 Å². The van der Waals surface area contributed by atoms with E-state index in [9.17, 15) is 0 Å². The second kappa shape index (κ2) is 3.70. The summed E-state index contributed by atoms with van der Waals surface area (Å²) in [7, 11) is 8.62. The Morgan fingerprint density at radius 1 is 1.11 bits per heavy atom. The van der Waals surface area contributed by atoms with E-state index in [1.165, 1.54) is 4.09 Å². The Balaban J connectivity index is 0.000000459. The minimum absolute atomic E-state index is 0.576. The molecule has 1 nitrogen and oxygen atoms in total. The van der Waals surface area contributed by atoms with E-state index in [0.29, 0.717) is 0 Å². The number of hydrogen-bond acceptors (Lipinski definition) is 1. The Kier molecular flexibility index (Phi) is 3.92. The third kappa shape index (κ3) is 8.20. The molecule has 0 saturated carbocycles. The van der Waals surface area contributed by atoms with Gasteiger partial charge in [-0.25, -0.2) is 0 Å². The number of allylic oxidation sites excluding steroid dienone is 4.